The molecule has 1 unspecified atom stereocenters. The molecule has 0 radical (unpaired) electrons. The van der Waals surface area contributed by atoms with Crippen molar-refractivity contribution in [3.05, 3.63) is 95.2 Å². The molecule has 16 heteroatoms. The first-order chi connectivity index (χ1) is 24.3. The highest BCUT2D eigenvalue weighted by Crippen LogP contribution is 2.39. The van der Waals surface area contributed by atoms with Crippen molar-refractivity contribution in [1.29, 1.82) is 0 Å². The lowest BCUT2D eigenvalue weighted by molar-refractivity contribution is 0.0899. The van der Waals surface area contributed by atoms with Gasteiger partial charge in [0.1, 0.15) is 30.0 Å². The number of nitrogens with one attached hydrogen (secondary N) is 3. The van der Waals surface area contributed by atoms with E-state index in [9.17, 15) is 13.2 Å². The second kappa shape index (κ2) is 13.1. The second-order valence-electron chi connectivity index (χ2n) is 14.0. The van der Waals surface area contributed by atoms with Gasteiger partial charge in [-0.1, -0.05) is 37.8 Å². The predicted octanol–water partition coefficient (Wildman–Crippen LogP) is 5.94. The first-order valence-corrected chi connectivity index (χ1v) is 22.2. The maximum atomic E-state index is 14.0. The molecule has 0 spiro atoms. The van der Waals surface area contributed by atoms with Crippen LogP contribution in [0.25, 0.3) is 44.3 Å². The maximum absolute atomic E-state index is 14.0. The average molecular weight is 725 g/mol. The number of aromatic amines is 1. The summed E-state index contributed by atoms with van der Waals surface area (Å²) in [5.74, 6) is 0.979. The summed E-state index contributed by atoms with van der Waals surface area (Å²) < 4.78 is 38.5. The molecule has 5 heterocycles. The molecule has 5 aromatic heterocycles. The fourth-order valence-corrected chi connectivity index (χ4v) is 7.53. The molecule has 0 fully saturated rings. The molecule has 0 aliphatic rings. The van der Waals surface area contributed by atoms with Crippen molar-refractivity contribution < 1.29 is 13.2 Å². The standard InChI is InChI=1S/C35H40N10O4SSi/c1-22-12-13-44-31(22)35(46)45(25-10-8-7-9-11-25)33(41-44)23(2)39-32-30-28(19-43(34(30)37-20-36-32)21-49-14-15-51(4,5)6)26-16-24(42-50(3,47)48)17-29-27(26)18-38-40-29/h7-13,16-20,23,42H,14-15,21H2,1-6H3,(H,38,40)(H,36,37,39). The molecule has 51 heavy (non-hydrogen) atoms. The van der Waals surface area contributed by atoms with Gasteiger partial charge in [-0.25, -0.2) is 22.9 Å². The molecule has 0 bridgehead atoms. The van der Waals surface area contributed by atoms with Crippen molar-refractivity contribution in [3.8, 4) is 16.8 Å². The monoisotopic (exact) mass is 724 g/mol. The SMILES string of the molecule is Cc1ccn2nc(C(C)Nc3ncnc4c3c(-c3cc(NS(C)(=O)=O)cc5[nH]ncc35)cn4COCC[Si](C)(C)C)n(-c3ccccc3)c(=O)c12. The number of ether oxygens (including phenoxy) is 1. The summed E-state index contributed by atoms with van der Waals surface area (Å²) in [6.45, 7) is 11.6. The predicted molar refractivity (Wildman–Crippen MR) is 203 cm³/mol. The van der Waals surface area contributed by atoms with Crippen LogP contribution in [0.1, 0.15) is 24.4 Å². The Hall–Kier alpha value is -5.32. The van der Waals surface area contributed by atoms with Crippen LogP contribution in [0.5, 0.6) is 0 Å². The summed E-state index contributed by atoms with van der Waals surface area (Å²) in [6, 6.07) is 15.3. The summed E-state index contributed by atoms with van der Waals surface area (Å²) >= 11 is 0. The van der Waals surface area contributed by atoms with Gasteiger partial charge in [0.2, 0.25) is 10.0 Å². The van der Waals surface area contributed by atoms with E-state index in [-0.39, 0.29) is 12.3 Å². The Morgan fingerprint density at radius 3 is 2.59 bits per heavy atom. The van der Waals surface area contributed by atoms with Crippen LogP contribution in [0.4, 0.5) is 11.5 Å². The lowest BCUT2D eigenvalue weighted by atomic mass is 10.0. The number of para-hydroxylation sites is 1. The second-order valence-corrected chi connectivity index (χ2v) is 21.4. The fraction of sp³-hybridized carbons (Fsp3) is 0.286. The number of anilines is 2. The van der Waals surface area contributed by atoms with E-state index < -0.39 is 24.1 Å². The lowest BCUT2D eigenvalue weighted by Crippen LogP contribution is -2.29. The molecule has 0 aliphatic heterocycles. The molecule has 0 amide bonds. The van der Waals surface area contributed by atoms with Crippen molar-refractivity contribution in [2.75, 3.05) is 22.9 Å². The number of aromatic nitrogens is 8. The Bertz CT molecular complexity index is 2570. The molecule has 2 aromatic carbocycles. The molecule has 14 nitrogen and oxygen atoms in total. The number of nitrogens with zero attached hydrogens (tertiary/aromatic N) is 7. The minimum Gasteiger partial charge on any atom is -0.361 e. The van der Waals surface area contributed by atoms with Gasteiger partial charge < -0.3 is 14.6 Å². The van der Waals surface area contributed by atoms with Gasteiger partial charge in [0.25, 0.3) is 5.56 Å². The zero-order chi connectivity index (χ0) is 36.1. The largest absolute Gasteiger partial charge is 0.361 e. The first-order valence-electron chi connectivity index (χ1n) is 16.6. The number of rotatable bonds is 12. The van der Waals surface area contributed by atoms with Crippen LogP contribution in [0, 0.1) is 6.92 Å². The van der Waals surface area contributed by atoms with Crippen LogP contribution < -0.4 is 15.6 Å². The number of sulfonamides is 1. The van der Waals surface area contributed by atoms with Gasteiger partial charge in [-0.05, 0) is 61.4 Å². The van der Waals surface area contributed by atoms with Gasteiger partial charge in [-0.3, -0.25) is 19.2 Å². The van der Waals surface area contributed by atoms with Crippen LogP contribution >= 0.6 is 0 Å². The van der Waals surface area contributed by atoms with Crippen LogP contribution in [-0.4, -0.2) is 68.3 Å². The number of aryl methyl sites for hydroxylation is 1. The third-order valence-electron chi connectivity index (χ3n) is 8.70. The quantitative estimate of drug-likeness (QED) is 0.102. The van der Waals surface area contributed by atoms with Crippen molar-refractivity contribution in [2.45, 2.75) is 52.3 Å². The van der Waals surface area contributed by atoms with Crippen molar-refractivity contribution in [2.24, 2.45) is 0 Å². The van der Waals surface area contributed by atoms with E-state index in [1.54, 1.807) is 33.6 Å². The molecular formula is C35H40N10O4SSi. The van der Waals surface area contributed by atoms with E-state index >= 15 is 0 Å². The summed E-state index contributed by atoms with van der Waals surface area (Å²) in [4.78, 5) is 23.4. The fourth-order valence-electron chi connectivity index (χ4n) is 6.23. The number of H-pyrrole nitrogens is 1. The Morgan fingerprint density at radius 2 is 1.84 bits per heavy atom. The molecule has 0 saturated heterocycles. The van der Waals surface area contributed by atoms with Crippen LogP contribution in [0.2, 0.25) is 25.7 Å². The van der Waals surface area contributed by atoms with Gasteiger partial charge in [0.05, 0.1) is 40.8 Å². The summed E-state index contributed by atoms with van der Waals surface area (Å²) in [5, 5.41) is 17.2. The molecule has 3 N–H and O–H groups in total. The highest BCUT2D eigenvalue weighted by Gasteiger charge is 2.24. The van der Waals surface area contributed by atoms with Crippen molar-refractivity contribution >= 4 is 57.1 Å². The molecule has 1 atom stereocenters. The Labute approximate surface area is 295 Å². The summed E-state index contributed by atoms with van der Waals surface area (Å²) in [5.41, 5.74) is 4.93. The summed E-state index contributed by atoms with van der Waals surface area (Å²) in [7, 11) is -4.89. The third kappa shape index (κ3) is 6.89. The normalized spacial score (nSPS) is 13.0. The topological polar surface area (TPSA) is 166 Å². The first kappa shape index (κ1) is 34.1. The molecule has 0 aliphatic carbocycles. The van der Waals surface area contributed by atoms with Crippen molar-refractivity contribution in [3.63, 3.8) is 0 Å². The van der Waals surface area contributed by atoms with Crippen LogP contribution in [0.15, 0.2) is 78.2 Å². The zero-order valence-electron chi connectivity index (χ0n) is 29.3. The molecule has 0 saturated carbocycles. The van der Waals surface area contributed by atoms with Crippen LogP contribution in [0.3, 0.4) is 0 Å². The van der Waals surface area contributed by atoms with Crippen molar-refractivity contribution in [1.82, 2.24) is 38.9 Å². The van der Waals surface area contributed by atoms with Gasteiger partial charge >= 0.3 is 0 Å². The van der Waals surface area contributed by atoms with Crippen LogP contribution in [-0.2, 0) is 21.5 Å². The van der Waals surface area contributed by atoms with Gasteiger partial charge in [-0.2, -0.15) is 10.2 Å². The van der Waals surface area contributed by atoms with E-state index in [0.717, 1.165) is 28.8 Å². The molecular weight excluding hydrogens is 685 g/mol. The van der Waals surface area contributed by atoms with Gasteiger partial charge in [0, 0.05) is 38.0 Å². The Balaban J connectivity index is 1.39. The summed E-state index contributed by atoms with van der Waals surface area (Å²) in [6.07, 6.45) is 8.04. The lowest BCUT2D eigenvalue weighted by Gasteiger charge is -2.20. The van der Waals surface area contributed by atoms with Gasteiger partial charge in [-0.15, -0.1) is 0 Å². The average Bonchev–Trinajstić information content (AvgIpc) is 3.79. The smallest absolute Gasteiger partial charge is 0.282 e. The Kier molecular flexibility index (Phi) is 8.77. The number of benzene rings is 2. The molecule has 7 rings (SSSR count). The zero-order valence-corrected chi connectivity index (χ0v) is 31.1. The number of hydrogen-bond acceptors (Lipinski definition) is 9. The van der Waals surface area contributed by atoms with Gasteiger partial charge in [0.15, 0.2) is 5.82 Å². The third-order valence-corrected chi connectivity index (χ3v) is 11.0. The molecule has 7 aromatic rings. The Morgan fingerprint density at radius 1 is 1.06 bits per heavy atom. The maximum Gasteiger partial charge on any atom is 0.282 e. The van der Waals surface area contributed by atoms with E-state index in [1.807, 2.05) is 61.0 Å². The highest BCUT2D eigenvalue weighted by atomic mass is 32.2. The number of hydrogen-bond donors (Lipinski definition) is 3. The van der Waals surface area contributed by atoms with E-state index in [0.29, 0.717) is 57.3 Å². The van der Waals surface area contributed by atoms with E-state index in [2.05, 4.69) is 39.9 Å². The minimum absolute atomic E-state index is 0.185. The van der Waals surface area contributed by atoms with E-state index in [4.69, 9.17) is 19.8 Å². The highest BCUT2D eigenvalue weighted by molar-refractivity contribution is 7.92. The molecule has 264 valence electrons. The minimum atomic E-state index is -3.57. The van der Waals surface area contributed by atoms with E-state index in [1.165, 1.54) is 6.33 Å². The number of fused-ring (bicyclic) bond motifs is 3.